The summed E-state index contributed by atoms with van der Waals surface area (Å²) in [7, 11) is 1.57. The van der Waals surface area contributed by atoms with Crippen LogP contribution in [-0.4, -0.2) is 23.6 Å². The number of methoxy groups -OCH3 is 1. The molecule has 0 amide bonds. The van der Waals surface area contributed by atoms with Crippen molar-refractivity contribution in [3.63, 3.8) is 0 Å². The maximum atomic E-state index is 13.6. The first-order chi connectivity index (χ1) is 10.2. The first-order valence-corrected chi connectivity index (χ1v) is 7.12. The quantitative estimate of drug-likeness (QED) is 0.881. The molecule has 0 saturated heterocycles. The fourth-order valence-electron chi connectivity index (χ4n) is 2.24. The summed E-state index contributed by atoms with van der Waals surface area (Å²) >= 11 is 0. The first kappa shape index (κ1) is 15.2. The van der Waals surface area contributed by atoms with E-state index < -0.39 is 0 Å². The molecule has 0 fully saturated rings. The molecule has 2 rings (SSSR count). The van der Waals surface area contributed by atoms with Crippen molar-refractivity contribution in [3.8, 4) is 17.0 Å². The maximum absolute atomic E-state index is 13.6. The molecule has 0 aliphatic rings. The number of benzene rings is 1. The standard InChI is InChI=1S/C16H20FN3O/c1-4-8-18-16-12(5-2)15(19-10-20-16)13-9-11(17)6-7-14(13)21-3/h6-7,9-10H,4-5,8H2,1-3H3,(H,18,19,20). The van der Waals surface area contributed by atoms with Crippen LogP contribution in [0.1, 0.15) is 25.8 Å². The van der Waals surface area contributed by atoms with E-state index in [0.29, 0.717) is 17.0 Å². The van der Waals surface area contributed by atoms with Gasteiger partial charge in [-0.3, -0.25) is 0 Å². The number of hydrogen-bond donors (Lipinski definition) is 1. The summed E-state index contributed by atoms with van der Waals surface area (Å²) in [6.45, 7) is 4.96. The van der Waals surface area contributed by atoms with E-state index in [-0.39, 0.29) is 5.82 Å². The van der Waals surface area contributed by atoms with E-state index in [4.69, 9.17) is 4.74 Å². The van der Waals surface area contributed by atoms with Crippen LogP contribution < -0.4 is 10.1 Å². The van der Waals surface area contributed by atoms with Crippen molar-refractivity contribution in [1.82, 2.24) is 9.97 Å². The minimum Gasteiger partial charge on any atom is -0.496 e. The Morgan fingerprint density at radius 2 is 2.05 bits per heavy atom. The van der Waals surface area contributed by atoms with Gasteiger partial charge >= 0.3 is 0 Å². The highest BCUT2D eigenvalue weighted by Gasteiger charge is 2.15. The molecule has 1 N–H and O–H groups in total. The molecule has 0 bridgehead atoms. The minimum absolute atomic E-state index is 0.311. The van der Waals surface area contributed by atoms with Gasteiger partial charge in [-0.15, -0.1) is 0 Å². The molecule has 1 aromatic heterocycles. The summed E-state index contributed by atoms with van der Waals surface area (Å²) in [5, 5.41) is 3.29. The molecule has 1 aromatic carbocycles. The molecule has 0 saturated carbocycles. The van der Waals surface area contributed by atoms with E-state index in [1.807, 2.05) is 6.92 Å². The number of anilines is 1. The van der Waals surface area contributed by atoms with E-state index in [1.165, 1.54) is 18.5 Å². The van der Waals surface area contributed by atoms with Crippen molar-refractivity contribution in [2.75, 3.05) is 19.0 Å². The lowest BCUT2D eigenvalue weighted by atomic mass is 10.0. The third-order valence-electron chi connectivity index (χ3n) is 3.26. The van der Waals surface area contributed by atoms with Gasteiger partial charge in [-0.05, 0) is 31.0 Å². The smallest absolute Gasteiger partial charge is 0.133 e. The molecule has 21 heavy (non-hydrogen) atoms. The lowest BCUT2D eigenvalue weighted by Gasteiger charge is -2.15. The van der Waals surface area contributed by atoms with Crippen molar-refractivity contribution in [1.29, 1.82) is 0 Å². The molecule has 0 aliphatic heterocycles. The van der Waals surface area contributed by atoms with E-state index in [9.17, 15) is 4.39 Å². The zero-order valence-electron chi connectivity index (χ0n) is 12.6. The Hall–Kier alpha value is -2.17. The summed E-state index contributed by atoms with van der Waals surface area (Å²) in [6.07, 6.45) is 3.25. The van der Waals surface area contributed by atoms with Gasteiger partial charge in [-0.2, -0.15) is 0 Å². The Morgan fingerprint density at radius 1 is 1.24 bits per heavy atom. The summed E-state index contributed by atoms with van der Waals surface area (Å²) in [6, 6.07) is 4.45. The predicted molar refractivity (Wildman–Crippen MR) is 82.1 cm³/mol. The Morgan fingerprint density at radius 3 is 2.71 bits per heavy atom. The average Bonchev–Trinajstić information content (AvgIpc) is 2.52. The lowest BCUT2D eigenvalue weighted by molar-refractivity contribution is 0.415. The zero-order valence-corrected chi connectivity index (χ0v) is 12.6. The molecular formula is C16H20FN3O. The second-order valence-electron chi connectivity index (χ2n) is 4.67. The topological polar surface area (TPSA) is 47.0 Å². The number of rotatable bonds is 6. The van der Waals surface area contributed by atoms with Crippen molar-refractivity contribution in [2.45, 2.75) is 26.7 Å². The number of ether oxygens (including phenoxy) is 1. The highest BCUT2D eigenvalue weighted by molar-refractivity contribution is 5.73. The van der Waals surface area contributed by atoms with Gasteiger partial charge in [0.15, 0.2) is 0 Å². The number of halogens is 1. The monoisotopic (exact) mass is 289 g/mol. The minimum atomic E-state index is -0.311. The molecule has 2 aromatic rings. The first-order valence-electron chi connectivity index (χ1n) is 7.12. The van der Waals surface area contributed by atoms with Gasteiger partial charge in [0.05, 0.1) is 12.8 Å². The number of hydrogen-bond acceptors (Lipinski definition) is 4. The van der Waals surface area contributed by atoms with Gasteiger partial charge in [0, 0.05) is 17.7 Å². The predicted octanol–water partition coefficient (Wildman–Crippen LogP) is 3.68. The van der Waals surface area contributed by atoms with Crippen molar-refractivity contribution >= 4 is 5.82 Å². The summed E-state index contributed by atoms with van der Waals surface area (Å²) in [5.74, 6) is 1.09. The summed E-state index contributed by atoms with van der Waals surface area (Å²) in [5.41, 5.74) is 2.33. The second-order valence-corrected chi connectivity index (χ2v) is 4.67. The fraction of sp³-hybridized carbons (Fsp3) is 0.375. The van der Waals surface area contributed by atoms with Crippen LogP contribution >= 0.6 is 0 Å². The molecule has 0 spiro atoms. The van der Waals surface area contributed by atoms with Crippen LogP contribution in [0.5, 0.6) is 5.75 Å². The SMILES string of the molecule is CCCNc1ncnc(-c2cc(F)ccc2OC)c1CC. The average molecular weight is 289 g/mol. The van der Waals surface area contributed by atoms with Gasteiger partial charge < -0.3 is 10.1 Å². The molecular weight excluding hydrogens is 269 g/mol. The van der Waals surface area contributed by atoms with Gasteiger partial charge in [0.2, 0.25) is 0 Å². The highest BCUT2D eigenvalue weighted by atomic mass is 19.1. The number of nitrogens with zero attached hydrogens (tertiary/aromatic N) is 2. The molecule has 1 heterocycles. The van der Waals surface area contributed by atoms with E-state index in [2.05, 4.69) is 22.2 Å². The number of nitrogens with one attached hydrogen (secondary N) is 1. The molecule has 5 heteroatoms. The molecule has 0 aliphatic carbocycles. The van der Waals surface area contributed by atoms with Gasteiger partial charge in [0.25, 0.3) is 0 Å². The van der Waals surface area contributed by atoms with Gasteiger partial charge in [0.1, 0.15) is 23.7 Å². The van der Waals surface area contributed by atoms with Crippen LogP contribution in [0.4, 0.5) is 10.2 Å². The third-order valence-corrected chi connectivity index (χ3v) is 3.26. The maximum Gasteiger partial charge on any atom is 0.133 e. The normalized spacial score (nSPS) is 10.5. The number of aromatic nitrogens is 2. The molecule has 0 atom stereocenters. The largest absolute Gasteiger partial charge is 0.496 e. The fourth-order valence-corrected chi connectivity index (χ4v) is 2.24. The van der Waals surface area contributed by atoms with Gasteiger partial charge in [-0.25, -0.2) is 14.4 Å². The van der Waals surface area contributed by atoms with Crippen molar-refractivity contribution < 1.29 is 9.13 Å². The van der Waals surface area contributed by atoms with E-state index in [1.54, 1.807) is 13.2 Å². The molecule has 0 radical (unpaired) electrons. The molecule has 112 valence electrons. The van der Waals surface area contributed by atoms with Crippen LogP contribution in [0, 0.1) is 5.82 Å². The Bertz CT molecular complexity index is 616. The Labute approximate surface area is 124 Å². The van der Waals surface area contributed by atoms with Crippen molar-refractivity contribution in [2.24, 2.45) is 0 Å². The second kappa shape index (κ2) is 7.02. The molecule has 0 unspecified atom stereocenters. The third kappa shape index (κ3) is 3.29. The van der Waals surface area contributed by atoms with E-state index >= 15 is 0 Å². The summed E-state index contributed by atoms with van der Waals surface area (Å²) < 4.78 is 18.9. The Balaban J connectivity index is 2.55. The summed E-state index contributed by atoms with van der Waals surface area (Å²) in [4.78, 5) is 8.63. The van der Waals surface area contributed by atoms with Crippen LogP contribution in [-0.2, 0) is 6.42 Å². The van der Waals surface area contributed by atoms with Crippen molar-refractivity contribution in [3.05, 3.63) is 35.9 Å². The highest BCUT2D eigenvalue weighted by Crippen LogP contribution is 2.33. The van der Waals surface area contributed by atoms with Crippen LogP contribution in [0.25, 0.3) is 11.3 Å². The lowest BCUT2D eigenvalue weighted by Crippen LogP contribution is -2.07. The van der Waals surface area contributed by atoms with Gasteiger partial charge in [-0.1, -0.05) is 13.8 Å². The van der Waals surface area contributed by atoms with Crippen LogP contribution in [0.15, 0.2) is 24.5 Å². The Kier molecular flexibility index (Phi) is 5.09. The molecule has 4 nitrogen and oxygen atoms in total. The van der Waals surface area contributed by atoms with Crippen LogP contribution in [0.3, 0.4) is 0 Å². The van der Waals surface area contributed by atoms with E-state index in [0.717, 1.165) is 30.8 Å². The zero-order chi connectivity index (χ0) is 15.2. The van der Waals surface area contributed by atoms with Crippen LogP contribution in [0.2, 0.25) is 0 Å².